The second-order valence-corrected chi connectivity index (χ2v) is 4.24. The maximum Gasteiger partial charge on any atom is 0.142 e. The van der Waals surface area contributed by atoms with E-state index in [-0.39, 0.29) is 0 Å². The third kappa shape index (κ3) is 2.06. The van der Waals surface area contributed by atoms with Crippen LogP contribution in [-0.4, -0.2) is 27.3 Å². The van der Waals surface area contributed by atoms with Crippen molar-refractivity contribution in [3.63, 3.8) is 0 Å². The van der Waals surface area contributed by atoms with Crippen LogP contribution in [0.5, 0.6) is 5.75 Å². The Balaban J connectivity index is 2.11. The molecule has 0 amide bonds. The predicted molar refractivity (Wildman–Crippen MR) is 73.0 cm³/mol. The van der Waals surface area contributed by atoms with Gasteiger partial charge in [-0.05, 0) is 17.7 Å². The van der Waals surface area contributed by atoms with Gasteiger partial charge in [-0.2, -0.15) is 15.5 Å². The van der Waals surface area contributed by atoms with Crippen molar-refractivity contribution in [3.05, 3.63) is 36.2 Å². The van der Waals surface area contributed by atoms with Crippen LogP contribution in [0.3, 0.4) is 0 Å². The molecule has 1 aromatic carbocycles. The van der Waals surface area contributed by atoms with Crippen LogP contribution in [0.4, 0.5) is 0 Å². The number of aromatic nitrogens is 4. The number of benzene rings is 1. The SMILES string of the molecule is COc1cc(CC#N)ccc1-c1nc2cnncc2[nH]1. The number of nitrogens with zero attached hydrogens (tertiary/aromatic N) is 4. The molecule has 0 radical (unpaired) electrons. The first kappa shape index (κ1) is 12.1. The summed E-state index contributed by atoms with van der Waals surface area (Å²) in [6.07, 6.45) is 3.58. The Morgan fingerprint density at radius 2 is 2.15 bits per heavy atom. The fourth-order valence-electron chi connectivity index (χ4n) is 2.04. The largest absolute Gasteiger partial charge is 0.496 e. The molecule has 0 saturated heterocycles. The number of nitriles is 1. The summed E-state index contributed by atoms with van der Waals surface area (Å²) in [4.78, 5) is 7.64. The van der Waals surface area contributed by atoms with E-state index in [0.29, 0.717) is 18.0 Å². The van der Waals surface area contributed by atoms with Crippen LogP contribution in [0, 0.1) is 11.3 Å². The van der Waals surface area contributed by atoms with Crippen LogP contribution >= 0.6 is 0 Å². The zero-order valence-electron chi connectivity index (χ0n) is 10.8. The Hall–Kier alpha value is -2.94. The maximum atomic E-state index is 8.74. The highest BCUT2D eigenvalue weighted by atomic mass is 16.5. The van der Waals surface area contributed by atoms with Crippen LogP contribution < -0.4 is 4.74 Å². The molecule has 3 rings (SSSR count). The van der Waals surface area contributed by atoms with E-state index < -0.39 is 0 Å². The quantitative estimate of drug-likeness (QED) is 0.783. The van der Waals surface area contributed by atoms with E-state index in [0.717, 1.165) is 22.2 Å². The number of hydrogen-bond acceptors (Lipinski definition) is 5. The van der Waals surface area contributed by atoms with Gasteiger partial charge in [0, 0.05) is 0 Å². The normalized spacial score (nSPS) is 10.4. The molecule has 2 heterocycles. The van der Waals surface area contributed by atoms with Gasteiger partial charge in [-0.3, -0.25) is 0 Å². The monoisotopic (exact) mass is 265 g/mol. The van der Waals surface area contributed by atoms with Crippen LogP contribution in [0.2, 0.25) is 0 Å². The van der Waals surface area contributed by atoms with Crippen LogP contribution in [-0.2, 0) is 6.42 Å². The summed E-state index contributed by atoms with van der Waals surface area (Å²) in [5.41, 5.74) is 3.31. The Morgan fingerprint density at radius 3 is 2.90 bits per heavy atom. The summed E-state index contributed by atoms with van der Waals surface area (Å²) in [5, 5.41) is 16.4. The molecular weight excluding hydrogens is 254 g/mol. The number of imidazole rings is 1. The van der Waals surface area contributed by atoms with E-state index in [1.54, 1.807) is 19.5 Å². The molecule has 1 N–H and O–H groups in total. The fraction of sp³-hybridized carbons (Fsp3) is 0.143. The van der Waals surface area contributed by atoms with Crippen molar-refractivity contribution < 1.29 is 4.74 Å². The Bertz CT molecular complexity index is 770. The van der Waals surface area contributed by atoms with Crippen LogP contribution in [0.15, 0.2) is 30.6 Å². The molecule has 0 aliphatic heterocycles. The van der Waals surface area contributed by atoms with Gasteiger partial charge in [-0.25, -0.2) is 4.98 Å². The van der Waals surface area contributed by atoms with Crippen molar-refractivity contribution in [1.82, 2.24) is 20.2 Å². The van der Waals surface area contributed by atoms with Gasteiger partial charge in [0.05, 0.1) is 43.1 Å². The molecule has 98 valence electrons. The first-order valence-corrected chi connectivity index (χ1v) is 6.02. The third-order valence-corrected chi connectivity index (χ3v) is 3.00. The van der Waals surface area contributed by atoms with E-state index in [9.17, 15) is 0 Å². The second-order valence-electron chi connectivity index (χ2n) is 4.24. The van der Waals surface area contributed by atoms with Crippen molar-refractivity contribution in [2.75, 3.05) is 7.11 Å². The first-order chi connectivity index (χ1) is 9.81. The van der Waals surface area contributed by atoms with Crippen LogP contribution in [0.25, 0.3) is 22.4 Å². The zero-order valence-corrected chi connectivity index (χ0v) is 10.8. The van der Waals surface area contributed by atoms with Gasteiger partial charge < -0.3 is 9.72 Å². The molecule has 0 fully saturated rings. The second kappa shape index (κ2) is 4.97. The van der Waals surface area contributed by atoms with Gasteiger partial charge in [0.2, 0.25) is 0 Å². The Kier molecular flexibility index (Phi) is 3.01. The summed E-state index contributed by atoms with van der Waals surface area (Å²) in [6.45, 7) is 0. The van der Waals surface area contributed by atoms with E-state index in [1.165, 1.54) is 0 Å². The van der Waals surface area contributed by atoms with Crippen molar-refractivity contribution in [2.24, 2.45) is 0 Å². The molecule has 0 aliphatic carbocycles. The molecule has 0 aliphatic rings. The van der Waals surface area contributed by atoms with Gasteiger partial charge in [-0.1, -0.05) is 6.07 Å². The summed E-state index contributed by atoms with van der Waals surface area (Å²) < 4.78 is 5.38. The average Bonchev–Trinajstić information content (AvgIpc) is 2.91. The molecule has 6 nitrogen and oxygen atoms in total. The number of ether oxygens (including phenoxy) is 1. The highest BCUT2D eigenvalue weighted by Crippen LogP contribution is 2.30. The molecule has 20 heavy (non-hydrogen) atoms. The highest BCUT2D eigenvalue weighted by Gasteiger charge is 2.11. The summed E-state index contributed by atoms with van der Waals surface area (Å²) in [6, 6.07) is 7.76. The Labute approximate surface area is 115 Å². The molecule has 6 heteroatoms. The van der Waals surface area contributed by atoms with Crippen molar-refractivity contribution in [2.45, 2.75) is 6.42 Å². The topological polar surface area (TPSA) is 87.5 Å². The van der Waals surface area contributed by atoms with E-state index in [4.69, 9.17) is 10.00 Å². The lowest BCUT2D eigenvalue weighted by molar-refractivity contribution is 0.416. The van der Waals surface area contributed by atoms with Crippen molar-refractivity contribution >= 4 is 11.0 Å². The van der Waals surface area contributed by atoms with E-state index in [2.05, 4.69) is 26.2 Å². The minimum absolute atomic E-state index is 0.352. The molecule has 2 aromatic heterocycles. The summed E-state index contributed by atoms with van der Waals surface area (Å²) in [5.74, 6) is 1.37. The number of methoxy groups -OCH3 is 1. The molecule has 0 unspecified atom stereocenters. The summed E-state index contributed by atoms with van der Waals surface area (Å²) >= 11 is 0. The zero-order chi connectivity index (χ0) is 13.9. The number of H-pyrrole nitrogens is 1. The molecule has 0 atom stereocenters. The van der Waals surface area contributed by atoms with Gasteiger partial charge in [0.25, 0.3) is 0 Å². The van der Waals surface area contributed by atoms with Crippen molar-refractivity contribution in [3.8, 4) is 23.2 Å². The average molecular weight is 265 g/mol. The van der Waals surface area contributed by atoms with Crippen LogP contribution in [0.1, 0.15) is 5.56 Å². The number of nitrogens with one attached hydrogen (secondary N) is 1. The lowest BCUT2D eigenvalue weighted by atomic mass is 10.1. The third-order valence-electron chi connectivity index (χ3n) is 3.00. The van der Waals surface area contributed by atoms with Gasteiger partial charge in [-0.15, -0.1) is 0 Å². The fourth-order valence-corrected chi connectivity index (χ4v) is 2.04. The van der Waals surface area contributed by atoms with Crippen molar-refractivity contribution in [1.29, 1.82) is 5.26 Å². The maximum absolute atomic E-state index is 8.74. The standard InChI is InChI=1S/C14H11N5O/c1-20-13-6-9(4-5-15)2-3-10(13)14-18-11-7-16-17-8-12(11)19-14/h2-3,6-8H,4H2,1H3,(H,18,19). The van der Waals surface area contributed by atoms with Gasteiger partial charge >= 0.3 is 0 Å². The van der Waals surface area contributed by atoms with E-state index in [1.807, 2.05) is 18.2 Å². The number of hydrogen-bond donors (Lipinski definition) is 1. The smallest absolute Gasteiger partial charge is 0.142 e. The van der Waals surface area contributed by atoms with E-state index >= 15 is 0 Å². The minimum Gasteiger partial charge on any atom is -0.496 e. The lowest BCUT2D eigenvalue weighted by Gasteiger charge is -2.07. The number of fused-ring (bicyclic) bond motifs is 1. The van der Waals surface area contributed by atoms with Gasteiger partial charge in [0.15, 0.2) is 0 Å². The first-order valence-electron chi connectivity index (χ1n) is 6.02. The Morgan fingerprint density at radius 1 is 1.30 bits per heavy atom. The minimum atomic E-state index is 0.352. The highest BCUT2D eigenvalue weighted by molar-refractivity contribution is 5.79. The predicted octanol–water partition coefficient (Wildman–Crippen LogP) is 2.09. The molecule has 3 aromatic rings. The molecule has 0 spiro atoms. The molecular formula is C14H11N5O. The molecule has 0 bridgehead atoms. The summed E-state index contributed by atoms with van der Waals surface area (Å²) in [7, 11) is 1.60. The number of rotatable bonds is 3. The number of aromatic amines is 1. The van der Waals surface area contributed by atoms with Gasteiger partial charge in [0.1, 0.15) is 17.1 Å². The molecule has 0 saturated carbocycles. The lowest BCUT2D eigenvalue weighted by Crippen LogP contribution is -1.92.